The molecule has 102 valence electrons. The first kappa shape index (κ1) is 15.2. The van der Waals surface area contributed by atoms with Crippen molar-refractivity contribution in [1.82, 2.24) is 0 Å². The van der Waals surface area contributed by atoms with Gasteiger partial charge in [0.05, 0.1) is 12.7 Å². The van der Waals surface area contributed by atoms with E-state index in [1.165, 1.54) is 42.4 Å². The molecule has 0 atom stereocenters. The van der Waals surface area contributed by atoms with Gasteiger partial charge in [-0.25, -0.2) is 0 Å². The Balaban J connectivity index is 2.55. The van der Waals surface area contributed by atoms with Gasteiger partial charge in [0.1, 0.15) is 0 Å². The fourth-order valence-corrected chi connectivity index (χ4v) is 2.36. The molecular weight excluding hydrogens is 220 g/mol. The zero-order valence-corrected chi connectivity index (χ0v) is 12.5. The lowest BCUT2D eigenvalue weighted by atomic mass is 10.0. The molecule has 0 fully saturated rings. The van der Waals surface area contributed by atoms with Crippen molar-refractivity contribution in [2.75, 3.05) is 0 Å². The van der Waals surface area contributed by atoms with E-state index in [0.717, 1.165) is 13.0 Å². The summed E-state index contributed by atoms with van der Waals surface area (Å²) in [5.41, 5.74) is 4.15. The van der Waals surface area contributed by atoms with E-state index in [2.05, 4.69) is 45.9 Å². The fourth-order valence-electron chi connectivity index (χ4n) is 2.36. The van der Waals surface area contributed by atoms with Gasteiger partial charge >= 0.3 is 0 Å². The molecule has 1 heteroatoms. The number of aryl methyl sites for hydroxylation is 2. The summed E-state index contributed by atoms with van der Waals surface area (Å²) >= 11 is 0. The maximum Gasteiger partial charge on any atom is 0.0720 e. The van der Waals surface area contributed by atoms with Crippen LogP contribution >= 0.6 is 0 Å². The number of benzene rings is 1. The van der Waals surface area contributed by atoms with E-state index in [-0.39, 0.29) is 0 Å². The predicted octanol–water partition coefficient (Wildman–Crippen LogP) is 5.04. The van der Waals surface area contributed by atoms with Gasteiger partial charge in [-0.2, -0.15) is 0 Å². The van der Waals surface area contributed by atoms with Gasteiger partial charge in [0.25, 0.3) is 0 Å². The predicted molar refractivity (Wildman–Crippen MR) is 79.0 cm³/mol. The van der Waals surface area contributed by atoms with Crippen molar-refractivity contribution < 1.29 is 4.74 Å². The van der Waals surface area contributed by atoms with Crippen molar-refractivity contribution >= 4 is 0 Å². The van der Waals surface area contributed by atoms with Crippen LogP contribution in [0.1, 0.15) is 63.1 Å². The lowest BCUT2D eigenvalue weighted by Crippen LogP contribution is -2.12. The summed E-state index contributed by atoms with van der Waals surface area (Å²) in [6, 6.07) is 6.71. The van der Waals surface area contributed by atoms with E-state index >= 15 is 0 Å². The second-order valence-corrected chi connectivity index (χ2v) is 5.12. The van der Waals surface area contributed by atoms with Gasteiger partial charge < -0.3 is 4.74 Å². The molecule has 0 unspecified atom stereocenters. The van der Waals surface area contributed by atoms with Crippen LogP contribution in [-0.2, 0) is 17.8 Å². The third-order valence-corrected chi connectivity index (χ3v) is 3.50. The number of rotatable bonds is 8. The first-order chi connectivity index (χ1) is 8.71. The van der Waals surface area contributed by atoms with Crippen LogP contribution in [0.5, 0.6) is 0 Å². The standard InChI is InChI=1S/C17H28O/c1-5-8-17(9-6-2)18-13-15-11-10-14(4)16(7-3)12-15/h10-12,17H,5-9,13H2,1-4H3. The molecule has 0 saturated carbocycles. The Kier molecular flexibility index (Phi) is 7.04. The molecule has 18 heavy (non-hydrogen) atoms. The minimum atomic E-state index is 0.436. The molecule has 0 aliphatic rings. The molecule has 0 aliphatic carbocycles. The van der Waals surface area contributed by atoms with Crippen LogP contribution in [0.25, 0.3) is 0 Å². The molecule has 0 radical (unpaired) electrons. The Morgan fingerprint density at radius 1 is 1.06 bits per heavy atom. The molecular formula is C17H28O. The molecule has 1 aromatic rings. The zero-order valence-electron chi connectivity index (χ0n) is 12.5. The van der Waals surface area contributed by atoms with Crippen LogP contribution in [0.2, 0.25) is 0 Å². The highest BCUT2D eigenvalue weighted by Crippen LogP contribution is 2.16. The highest BCUT2D eigenvalue weighted by molar-refractivity contribution is 5.30. The van der Waals surface area contributed by atoms with Gasteiger partial charge in [-0.15, -0.1) is 0 Å². The molecule has 0 heterocycles. The SMILES string of the molecule is CCCC(CCC)OCc1ccc(C)c(CC)c1. The summed E-state index contributed by atoms with van der Waals surface area (Å²) in [5, 5.41) is 0. The van der Waals surface area contributed by atoms with Gasteiger partial charge in [0.15, 0.2) is 0 Å². The Hall–Kier alpha value is -0.820. The largest absolute Gasteiger partial charge is 0.374 e. The topological polar surface area (TPSA) is 9.23 Å². The summed E-state index contributed by atoms with van der Waals surface area (Å²) in [4.78, 5) is 0. The van der Waals surface area contributed by atoms with E-state index in [0.29, 0.717) is 6.10 Å². The average Bonchev–Trinajstić information content (AvgIpc) is 2.38. The minimum absolute atomic E-state index is 0.436. The van der Waals surface area contributed by atoms with Crippen molar-refractivity contribution in [2.45, 2.75) is 72.5 Å². The fraction of sp³-hybridized carbons (Fsp3) is 0.647. The molecule has 0 N–H and O–H groups in total. The van der Waals surface area contributed by atoms with E-state index in [4.69, 9.17) is 4.74 Å². The van der Waals surface area contributed by atoms with Gasteiger partial charge in [0, 0.05) is 0 Å². The minimum Gasteiger partial charge on any atom is -0.374 e. The number of hydrogen-bond acceptors (Lipinski definition) is 1. The second-order valence-electron chi connectivity index (χ2n) is 5.12. The molecule has 0 aromatic heterocycles. The average molecular weight is 248 g/mol. The Labute approximate surface area is 113 Å². The number of ether oxygens (including phenoxy) is 1. The van der Waals surface area contributed by atoms with E-state index < -0.39 is 0 Å². The quantitative estimate of drug-likeness (QED) is 0.626. The highest BCUT2D eigenvalue weighted by atomic mass is 16.5. The van der Waals surface area contributed by atoms with E-state index in [1.807, 2.05) is 0 Å². The van der Waals surface area contributed by atoms with Crippen LogP contribution in [0, 0.1) is 6.92 Å². The van der Waals surface area contributed by atoms with E-state index in [9.17, 15) is 0 Å². The summed E-state index contributed by atoms with van der Waals surface area (Å²) < 4.78 is 6.05. The van der Waals surface area contributed by atoms with Gasteiger partial charge in [0.2, 0.25) is 0 Å². The highest BCUT2D eigenvalue weighted by Gasteiger charge is 2.07. The van der Waals surface area contributed by atoms with Crippen molar-refractivity contribution in [1.29, 1.82) is 0 Å². The molecule has 0 amide bonds. The maximum atomic E-state index is 6.05. The van der Waals surface area contributed by atoms with Crippen molar-refractivity contribution in [3.05, 3.63) is 34.9 Å². The normalized spacial score (nSPS) is 11.2. The Bertz CT molecular complexity index is 337. The summed E-state index contributed by atoms with van der Waals surface area (Å²) in [5.74, 6) is 0. The molecule has 0 aliphatic heterocycles. The van der Waals surface area contributed by atoms with Gasteiger partial charge in [-0.3, -0.25) is 0 Å². The summed E-state index contributed by atoms with van der Waals surface area (Å²) in [6.07, 6.45) is 6.32. The molecule has 0 bridgehead atoms. The molecule has 0 saturated heterocycles. The summed E-state index contributed by atoms with van der Waals surface area (Å²) in [7, 11) is 0. The van der Waals surface area contributed by atoms with Crippen LogP contribution in [0.3, 0.4) is 0 Å². The Morgan fingerprint density at radius 3 is 2.28 bits per heavy atom. The van der Waals surface area contributed by atoms with Gasteiger partial charge in [-0.1, -0.05) is 51.8 Å². The molecule has 1 rings (SSSR count). The third-order valence-electron chi connectivity index (χ3n) is 3.50. The lowest BCUT2D eigenvalue weighted by Gasteiger charge is -2.17. The van der Waals surface area contributed by atoms with Crippen LogP contribution in [-0.4, -0.2) is 6.10 Å². The lowest BCUT2D eigenvalue weighted by molar-refractivity contribution is 0.0285. The molecule has 0 spiro atoms. The van der Waals surface area contributed by atoms with E-state index in [1.54, 1.807) is 0 Å². The molecule has 1 nitrogen and oxygen atoms in total. The van der Waals surface area contributed by atoms with Crippen molar-refractivity contribution in [2.24, 2.45) is 0 Å². The number of hydrogen-bond donors (Lipinski definition) is 0. The monoisotopic (exact) mass is 248 g/mol. The Morgan fingerprint density at radius 2 is 1.72 bits per heavy atom. The van der Waals surface area contributed by atoms with Crippen molar-refractivity contribution in [3.63, 3.8) is 0 Å². The molecule has 1 aromatic carbocycles. The third kappa shape index (κ3) is 4.81. The maximum absolute atomic E-state index is 6.05. The zero-order chi connectivity index (χ0) is 13.4. The van der Waals surface area contributed by atoms with Gasteiger partial charge in [-0.05, 0) is 42.9 Å². The van der Waals surface area contributed by atoms with Crippen LogP contribution in [0.15, 0.2) is 18.2 Å². The smallest absolute Gasteiger partial charge is 0.0720 e. The van der Waals surface area contributed by atoms with Crippen molar-refractivity contribution in [3.8, 4) is 0 Å². The first-order valence-corrected chi connectivity index (χ1v) is 7.41. The summed E-state index contributed by atoms with van der Waals surface area (Å²) in [6.45, 7) is 9.61. The second kappa shape index (κ2) is 8.31. The first-order valence-electron chi connectivity index (χ1n) is 7.41. The van der Waals surface area contributed by atoms with Crippen LogP contribution < -0.4 is 0 Å². The van der Waals surface area contributed by atoms with Crippen LogP contribution in [0.4, 0.5) is 0 Å².